The Morgan fingerprint density at radius 3 is 2.46 bits per heavy atom. The number of ketones is 1. The van der Waals surface area contributed by atoms with Crippen molar-refractivity contribution in [2.24, 2.45) is 0 Å². The molecule has 1 heterocycles. The summed E-state index contributed by atoms with van der Waals surface area (Å²) < 4.78 is 10.4. The highest BCUT2D eigenvalue weighted by molar-refractivity contribution is 7.99. The molecule has 0 saturated carbocycles. The minimum absolute atomic E-state index is 0.00441. The van der Waals surface area contributed by atoms with Gasteiger partial charge in [0.15, 0.2) is 5.78 Å². The van der Waals surface area contributed by atoms with E-state index in [1.54, 1.807) is 36.6 Å². The Morgan fingerprint density at radius 1 is 1.03 bits per heavy atom. The summed E-state index contributed by atoms with van der Waals surface area (Å²) in [7, 11) is 0. The fourth-order valence-corrected chi connectivity index (χ4v) is 4.06. The van der Waals surface area contributed by atoms with E-state index in [4.69, 9.17) is 14.3 Å². The fourth-order valence-electron chi connectivity index (χ4n) is 3.19. The molecule has 0 spiro atoms. The Kier molecular flexibility index (Phi) is 12.5. The Labute approximate surface area is 209 Å². The summed E-state index contributed by atoms with van der Waals surface area (Å²) in [5.41, 5.74) is 0.770. The van der Waals surface area contributed by atoms with Crippen LogP contribution in [0, 0.1) is 0 Å². The molecule has 2 rings (SSSR count). The van der Waals surface area contributed by atoms with Crippen molar-refractivity contribution >= 4 is 35.5 Å². The molecule has 2 atom stereocenters. The molecule has 0 aliphatic carbocycles. The molecule has 35 heavy (non-hydrogen) atoms. The van der Waals surface area contributed by atoms with Crippen LogP contribution in [0.1, 0.15) is 50.4 Å². The van der Waals surface area contributed by atoms with Gasteiger partial charge >= 0.3 is 12.1 Å². The molecule has 2 unspecified atom stereocenters. The number of alkyl carbamates (subject to hydrolysis) is 1. The Morgan fingerprint density at radius 2 is 1.80 bits per heavy atom. The molecule has 190 valence electrons. The highest BCUT2D eigenvalue weighted by Gasteiger charge is 2.27. The number of thioether (sulfide) groups is 1. The highest BCUT2D eigenvalue weighted by Crippen LogP contribution is 2.15. The smallest absolute Gasteiger partial charge is 0.408 e. The van der Waals surface area contributed by atoms with Crippen molar-refractivity contribution in [3.8, 4) is 0 Å². The van der Waals surface area contributed by atoms with Crippen LogP contribution in [0.3, 0.4) is 0 Å². The van der Waals surface area contributed by atoms with Crippen LogP contribution in [0.5, 0.6) is 0 Å². The van der Waals surface area contributed by atoms with Crippen LogP contribution < -0.4 is 10.6 Å². The lowest BCUT2D eigenvalue weighted by Crippen LogP contribution is -2.52. The van der Waals surface area contributed by atoms with Crippen molar-refractivity contribution in [3.63, 3.8) is 0 Å². The van der Waals surface area contributed by atoms with Crippen LogP contribution in [0.15, 0.2) is 53.1 Å². The molecule has 3 N–H and O–H groups in total. The summed E-state index contributed by atoms with van der Waals surface area (Å²) >= 11 is 1.38. The zero-order chi connectivity index (χ0) is 25.5. The van der Waals surface area contributed by atoms with Gasteiger partial charge in [0, 0.05) is 6.42 Å². The van der Waals surface area contributed by atoms with Crippen molar-refractivity contribution in [2.45, 2.75) is 63.5 Å². The SMILES string of the molecule is CCCCC(NC(=O)C(CCC(=O)O)NC(=O)OCc1ccccc1)C(=O)CSCc1ccco1. The number of ether oxygens (including phenoxy) is 1. The number of Topliss-reactive ketones (excluding diaryl/α,β-unsaturated/α-hetero) is 1. The Bertz CT molecular complexity index is 935. The van der Waals surface area contributed by atoms with Gasteiger partial charge in [-0.15, -0.1) is 11.8 Å². The number of rotatable bonds is 16. The van der Waals surface area contributed by atoms with E-state index in [0.29, 0.717) is 12.2 Å². The number of benzene rings is 1. The predicted octanol–water partition coefficient (Wildman–Crippen LogP) is 3.92. The number of carboxylic acid groups (broad SMARTS) is 1. The number of nitrogens with one attached hydrogen (secondary N) is 2. The van der Waals surface area contributed by atoms with E-state index in [9.17, 15) is 19.2 Å². The maximum absolute atomic E-state index is 13.0. The van der Waals surface area contributed by atoms with Gasteiger partial charge in [-0.3, -0.25) is 14.4 Å². The lowest BCUT2D eigenvalue weighted by molar-refractivity contribution is -0.137. The molecular formula is C25H32N2O7S. The molecule has 0 radical (unpaired) electrons. The molecule has 0 bridgehead atoms. The molecule has 1 aromatic carbocycles. The number of hydrogen-bond donors (Lipinski definition) is 3. The summed E-state index contributed by atoms with van der Waals surface area (Å²) in [5.74, 6) is -0.398. The van der Waals surface area contributed by atoms with E-state index >= 15 is 0 Å². The topological polar surface area (TPSA) is 135 Å². The molecule has 2 amide bonds. The lowest BCUT2D eigenvalue weighted by atomic mass is 10.0. The van der Waals surface area contributed by atoms with Crippen molar-refractivity contribution in [2.75, 3.05) is 5.75 Å². The van der Waals surface area contributed by atoms with Crippen LogP contribution in [-0.4, -0.2) is 46.7 Å². The van der Waals surface area contributed by atoms with Crippen LogP contribution >= 0.6 is 11.8 Å². The number of aliphatic carboxylic acids is 1. The van der Waals surface area contributed by atoms with Gasteiger partial charge in [-0.1, -0.05) is 50.1 Å². The largest absolute Gasteiger partial charge is 0.481 e. The third-order valence-corrected chi connectivity index (χ3v) is 6.07. The van der Waals surface area contributed by atoms with Gasteiger partial charge in [0.25, 0.3) is 0 Å². The molecule has 0 fully saturated rings. The molecule has 1 aromatic heterocycles. The molecule has 0 aliphatic rings. The standard InChI is InChI=1S/C25H32N2O7S/c1-2-3-11-20(22(28)17-35-16-19-10-7-14-33-19)26-24(31)21(12-13-23(29)30)27-25(32)34-15-18-8-5-4-6-9-18/h4-10,14,20-21H,2-3,11-13,15-17H2,1H3,(H,26,31)(H,27,32)(H,29,30). The normalized spacial score (nSPS) is 12.4. The van der Waals surface area contributed by atoms with Crippen LogP contribution in [0.4, 0.5) is 4.79 Å². The first-order valence-corrected chi connectivity index (χ1v) is 12.7. The lowest BCUT2D eigenvalue weighted by Gasteiger charge is -2.22. The Hall–Kier alpha value is -3.27. The summed E-state index contributed by atoms with van der Waals surface area (Å²) in [5, 5.41) is 14.2. The van der Waals surface area contributed by atoms with Crippen molar-refractivity contribution in [1.29, 1.82) is 0 Å². The van der Waals surface area contributed by atoms with E-state index in [1.165, 1.54) is 11.8 Å². The molecule has 2 aromatic rings. The summed E-state index contributed by atoms with van der Waals surface area (Å²) in [6, 6.07) is 10.7. The van der Waals surface area contributed by atoms with Gasteiger partial charge in [0.1, 0.15) is 18.4 Å². The van der Waals surface area contributed by atoms with Crippen LogP contribution in [0.25, 0.3) is 0 Å². The van der Waals surface area contributed by atoms with Crippen molar-refractivity contribution in [1.82, 2.24) is 10.6 Å². The van der Waals surface area contributed by atoms with E-state index in [0.717, 1.165) is 24.2 Å². The first kappa shape index (κ1) is 28.0. The average Bonchev–Trinajstić information content (AvgIpc) is 3.36. The Balaban J connectivity index is 1.95. The highest BCUT2D eigenvalue weighted by atomic mass is 32.2. The number of carbonyl (C=O) groups is 4. The number of furan rings is 1. The second-order valence-electron chi connectivity index (χ2n) is 7.93. The third kappa shape index (κ3) is 11.1. The van der Waals surface area contributed by atoms with Gasteiger partial charge < -0.3 is 24.9 Å². The number of hydrogen-bond acceptors (Lipinski definition) is 7. The zero-order valence-corrected chi connectivity index (χ0v) is 20.6. The van der Waals surface area contributed by atoms with E-state index in [2.05, 4.69) is 10.6 Å². The minimum Gasteiger partial charge on any atom is -0.481 e. The first-order chi connectivity index (χ1) is 16.9. The number of carbonyl (C=O) groups excluding carboxylic acids is 3. The molecule has 0 saturated heterocycles. The summed E-state index contributed by atoms with van der Waals surface area (Å²) in [6.45, 7) is 1.99. The van der Waals surface area contributed by atoms with Gasteiger partial charge in [0.05, 0.1) is 23.8 Å². The molecular weight excluding hydrogens is 472 g/mol. The summed E-state index contributed by atoms with van der Waals surface area (Å²) in [4.78, 5) is 49.1. The number of carboxylic acids is 1. The van der Waals surface area contributed by atoms with Crippen molar-refractivity contribution in [3.05, 3.63) is 60.1 Å². The fraction of sp³-hybridized carbons (Fsp3) is 0.440. The van der Waals surface area contributed by atoms with E-state index in [1.807, 2.05) is 19.1 Å². The molecule has 0 aliphatic heterocycles. The second kappa shape index (κ2) is 15.6. The van der Waals surface area contributed by atoms with Gasteiger partial charge in [0.2, 0.25) is 5.91 Å². The maximum atomic E-state index is 13.0. The third-order valence-electron chi connectivity index (χ3n) is 5.09. The predicted molar refractivity (Wildman–Crippen MR) is 132 cm³/mol. The van der Waals surface area contributed by atoms with Gasteiger partial charge in [-0.25, -0.2) is 4.79 Å². The van der Waals surface area contributed by atoms with E-state index < -0.39 is 30.1 Å². The monoisotopic (exact) mass is 504 g/mol. The zero-order valence-electron chi connectivity index (χ0n) is 19.7. The van der Waals surface area contributed by atoms with E-state index in [-0.39, 0.29) is 31.0 Å². The second-order valence-corrected chi connectivity index (χ2v) is 8.92. The number of unbranched alkanes of at least 4 members (excludes halogenated alkanes) is 1. The molecule has 9 nitrogen and oxygen atoms in total. The maximum Gasteiger partial charge on any atom is 0.408 e. The summed E-state index contributed by atoms with van der Waals surface area (Å²) in [6.07, 6.45) is 2.28. The van der Waals surface area contributed by atoms with Crippen molar-refractivity contribution < 1.29 is 33.4 Å². The van der Waals surface area contributed by atoms with Crippen LogP contribution in [-0.2, 0) is 31.5 Å². The average molecular weight is 505 g/mol. The van der Waals surface area contributed by atoms with Gasteiger partial charge in [-0.2, -0.15) is 0 Å². The quantitative estimate of drug-likeness (QED) is 0.313. The van der Waals surface area contributed by atoms with Gasteiger partial charge in [-0.05, 0) is 30.5 Å². The number of amides is 2. The molecule has 10 heteroatoms. The van der Waals surface area contributed by atoms with Crippen LogP contribution in [0.2, 0.25) is 0 Å². The minimum atomic E-state index is -1.15. The first-order valence-electron chi connectivity index (χ1n) is 11.5.